The summed E-state index contributed by atoms with van der Waals surface area (Å²) in [6, 6.07) is 0. The zero-order valence-corrected chi connectivity index (χ0v) is 12.4. The number of aliphatic carboxylic acids is 1. The fraction of sp³-hybridized carbons (Fsp3) is 0.636. The van der Waals surface area contributed by atoms with Crippen molar-refractivity contribution in [2.45, 2.75) is 37.2 Å². The highest BCUT2D eigenvalue weighted by Crippen LogP contribution is 2.20. The maximum absolute atomic E-state index is 11.4. The van der Waals surface area contributed by atoms with Gasteiger partial charge in [0.1, 0.15) is 0 Å². The van der Waals surface area contributed by atoms with E-state index < -0.39 is 16.8 Å². The molecule has 0 bridgehead atoms. The van der Waals surface area contributed by atoms with Crippen LogP contribution in [0.4, 0.5) is 0 Å². The molecule has 1 N–H and O–H groups in total. The molecule has 1 heterocycles. The van der Waals surface area contributed by atoms with Crippen LogP contribution in [0.1, 0.15) is 19.5 Å². The van der Waals surface area contributed by atoms with Crippen LogP contribution in [0.3, 0.4) is 0 Å². The maximum atomic E-state index is 11.4. The molecule has 0 amide bonds. The van der Waals surface area contributed by atoms with Crippen LogP contribution >= 0.6 is 11.8 Å². The molecule has 0 saturated heterocycles. The molecule has 7 heteroatoms. The van der Waals surface area contributed by atoms with Gasteiger partial charge in [-0.2, -0.15) is 0 Å². The number of aryl methyl sites for hydroxylation is 1. The fourth-order valence-corrected chi connectivity index (χ4v) is 2.56. The van der Waals surface area contributed by atoms with E-state index in [9.17, 15) is 9.00 Å². The van der Waals surface area contributed by atoms with Crippen LogP contribution < -0.4 is 0 Å². The number of hydrogen-bond acceptors (Lipinski definition) is 4. The van der Waals surface area contributed by atoms with Crippen LogP contribution in [0.2, 0.25) is 0 Å². The van der Waals surface area contributed by atoms with Gasteiger partial charge >= 0.3 is 5.97 Å². The Hall–Kier alpha value is -0.820. The van der Waals surface area contributed by atoms with E-state index in [1.54, 1.807) is 12.5 Å². The van der Waals surface area contributed by atoms with Crippen molar-refractivity contribution >= 4 is 28.5 Å². The maximum Gasteiger partial charge on any atom is 0.313 e. The molecule has 1 aromatic heterocycles. The van der Waals surface area contributed by atoms with Crippen LogP contribution in [0.25, 0.3) is 0 Å². The first-order chi connectivity index (χ1) is 8.45. The Bertz CT molecular complexity index is 445. The van der Waals surface area contributed by atoms with Crippen molar-refractivity contribution in [3.05, 3.63) is 11.9 Å². The van der Waals surface area contributed by atoms with Crippen LogP contribution in [0, 0.1) is 0 Å². The van der Waals surface area contributed by atoms with Gasteiger partial charge in [0.25, 0.3) is 0 Å². The van der Waals surface area contributed by atoms with E-state index in [1.807, 2.05) is 18.4 Å². The second-order valence-corrected chi connectivity index (χ2v) is 6.73. The number of carbonyl (C=O) groups is 1. The second kappa shape index (κ2) is 6.94. The van der Waals surface area contributed by atoms with Crippen LogP contribution in [0.15, 0.2) is 11.4 Å². The Kier molecular flexibility index (Phi) is 5.87. The summed E-state index contributed by atoms with van der Waals surface area (Å²) in [4.78, 5) is 14.8. The third-order valence-electron chi connectivity index (χ3n) is 2.59. The smallest absolute Gasteiger partial charge is 0.313 e. The minimum atomic E-state index is -0.900. The van der Waals surface area contributed by atoms with Gasteiger partial charge in [-0.05, 0) is 13.3 Å². The predicted octanol–water partition coefficient (Wildman–Crippen LogP) is 1.39. The molecule has 0 saturated carbocycles. The molecule has 18 heavy (non-hydrogen) atoms. The van der Waals surface area contributed by atoms with Crippen molar-refractivity contribution in [2.24, 2.45) is 0 Å². The number of imidazole rings is 1. The SMILES string of the molecule is CCc1cnc(SCC(=O)O)n1CC(C)S(C)=O. The molecule has 0 aliphatic carbocycles. The lowest BCUT2D eigenvalue weighted by molar-refractivity contribution is -0.133. The highest BCUT2D eigenvalue weighted by atomic mass is 32.2. The van der Waals surface area contributed by atoms with Gasteiger partial charge in [0.2, 0.25) is 0 Å². The highest BCUT2D eigenvalue weighted by Gasteiger charge is 2.15. The van der Waals surface area contributed by atoms with Crippen LogP contribution in [-0.4, -0.2) is 42.1 Å². The van der Waals surface area contributed by atoms with Gasteiger partial charge in [-0.3, -0.25) is 9.00 Å². The fourth-order valence-electron chi connectivity index (χ4n) is 1.47. The van der Waals surface area contributed by atoms with Gasteiger partial charge in [-0.25, -0.2) is 4.98 Å². The van der Waals surface area contributed by atoms with Crippen molar-refractivity contribution in [3.63, 3.8) is 0 Å². The Morgan fingerprint density at radius 2 is 2.33 bits per heavy atom. The van der Waals surface area contributed by atoms with Gasteiger partial charge in [0.05, 0.1) is 5.75 Å². The van der Waals surface area contributed by atoms with Gasteiger partial charge in [-0.1, -0.05) is 18.7 Å². The number of thioether (sulfide) groups is 1. The van der Waals surface area contributed by atoms with Gasteiger partial charge in [-0.15, -0.1) is 0 Å². The van der Waals surface area contributed by atoms with E-state index in [0.717, 1.165) is 12.1 Å². The molecule has 1 rings (SSSR count). The first kappa shape index (κ1) is 15.2. The minimum Gasteiger partial charge on any atom is -0.481 e. The monoisotopic (exact) mass is 290 g/mol. The summed E-state index contributed by atoms with van der Waals surface area (Å²) in [6.07, 6.45) is 4.26. The topological polar surface area (TPSA) is 72.2 Å². The average Bonchev–Trinajstić information content (AvgIpc) is 2.68. The van der Waals surface area contributed by atoms with E-state index in [0.29, 0.717) is 11.7 Å². The summed E-state index contributed by atoms with van der Waals surface area (Å²) in [5.74, 6) is -0.872. The highest BCUT2D eigenvalue weighted by molar-refractivity contribution is 7.99. The molecule has 1 aromatic rings. The number of carboxylic acid groups (broad SMARTS) is 1. The average molecular weight is 290 g/mol. The molecule has 0 fully saturated rings. The first-order valence-corrected chi connectivity index (χ1v) is 8.27. The van der Waals surface area contributed by atoms with Crippen molar-refractivity contribution < 1.29 is 14.1 Å². The number of rotatable bonds is 7. The largest absolute Gasteiger partial charge is 0.481 e. The molecule has 0 radical (unpaired) electrons. The molecule has 2 atom stereocenters. The molecule has 0 aliphatic heterocycles. The standard InChI is InChI=1S/C11H18N2O3S2/c1-4-9-5-12-11(17-7-10(14)15)13(9)6-8(2)18(3)16/h5,8H,4,6-7H2,1-3H3,(H,14,15). The normalized spacial score (nSPS) is 14.4. The second-order valence-electron chi connectivity index (χ2n) is 3.99. The minimum absolute atomic E-state index is 0.0102. The molecule has 5 nitrogen and oxygen atoms in total. The Morgan fingerprint density at radius 1 is 1.67 bits per heavy atom. The van der Waals surface area contributed by atoms with E-state index in [-0.39, 0.29) is 11.0 Å². The van der Waals surface area contributed by atoms with E-state index in [2.05, 4.69) is 4.98 Å². The zero-order chi connectivity index (χ0) is 13.7. The van der Waals surface area contributed by atoms with Gasteiger partial charge < -0.3 is 9.67 Å². The summed E-state index contributed by atoms with van der Waals surface area (Å²) in [5.41, 5.74) is 1.04. The zero-order valence-electron chi connectivity index (χ0n) is 10.8. The first-order valence-electron chi connectivity index (χ1n) is 5.66. The van der Waals surface area contributed by atoms with Crippen LogP contribution in [0.5, 0.6) is 0 Å². The summed E-state index contributed by atoms with van der Waals surface area (Å²) in [6.45, 7) is 4.54. The lowest BCUT2D eigenvalue weighted by Gasteiger charge is -2.14. The van der Waals surface area contributed by atoms with E-state index in [4.69, 9.17) is 5.11 Å². The molecular formula is C11H18N2O3S2. The Balaban J connectivity index is 2.87. The molecular weight excluding hydrogens is 272 g/mol. The summed E-state index contributed by atoms with van der Waals surface area (Å²) < 4.78 is 13.4. The van der Waals surface area contributed by atoms with Crippen molar-refractivity contribution in [2.75, 3.05) is 12.0 Å². The van der Waals surface area contributed by atoms with Crippen molar-refractivity contribution in [1.82, 2.24) is 9.55 Å². The number of carboxylic acids is 1. The number of nitrogens with zero attached hydrogens (tertiary/aromatic N) is 2. The summed E-state index contributed by atoms with van der Waals surface area (Å²) in [5, 5.41) is 9.40. The van der Waals surface area contributed by atoms with Crippen molar-refractivity contribution in [3.8, 4) is 0 Å². The van der Waals surface area contributed by atoms with E-state index >= 15 is 0 Å². The number of hydrogen-bond donors (Lipinski definition) is 1. The predicted molar refractivity (Wildman–Crippen MR) is 73.5 cm³/mol. The Morgan fingerprint density at radius 3 is 2.83 bits per heavy atom. The van der Waals surface area contributed by atoms with Gasteiger partial charge in [0, 0.05) is 40.7 Å². The molecule has 0 spiro atoms. The lowest BCUT2D eigenvalue weighted by atomic mass is 10.3. The molecule has 102 valence electrons. The quantitative estimate of drug-likeness (QED) is 0.768. The van der Waals surface area contributed by atoms with Crippen LogP contribution in [-0.2, 0) is 28.6 Å². The lowest BCUT2D eigenvalue weighted by Crippen LogP contribution is -2.19. The third kappa shape index (κ3) is 4.13. The molecule has 2 unspecified atom stereocenters. The van der Waals surface area contributed by atoms with Gasteiger partial charge in [0.15, 0.2) is 5.16 Å². The molecule has 0 aliphatic rings. The molecule has 0 aromatic carbocycles. The summed E-state index contributed by atoms with van der Waals surface area (Å²) in [7, 11) is -0.900. The summed E-state index contributed by atoms with van der Waals surface area (Å²) >= 11 is 1.20. The Labute approximate surface area is 113 Å². The number of aromatic nitrogens is 2. The third-order valence-corrected chi connectivity index (χ3v) is 4.85. The van der Waals surface area contributed by atoms with E-state index in [1.165, 1.54) is 11.8 Å². The van der Waals surface area contributed by atoms with Crippen molar-refractivity contribution in [1.29, 1.82) is 0 Å².